The first-order valence-electron chi connectivity index (χ1n) is 9.34. The van der Waals surface area contributed by atoms with E-state index in [0.29, 0.717) is 5.56 Å². The minimum Gasteiger partial charge on any atom is -0.497 e. The molecule has 140 valence electrons. The van der Waals surface area contributed by atoms with Crippen LogP contribution in [0.15, 0.2) is 48.7 Å². The summed E-state index contributed by atoms with van der Waals surface area (Å²) >= 11 is 0. The van der Waals surface area contributed by atoms with Crippen LogP contribution in [0.25, 0.3) is 10.9 Å². The molecule has 1 aliphatic rings. The van der Waals surface area contributed by atoms with Gasteiger partial charge in [-0.1, -0.05) is 18.2 Å². The molecule has 2 aromatic carbocycles. The van der Waals surface area contributed by atoms with Crippen LogP contribution in [0.3, 0.4) is 0 Å². The number of hydrogen-bond acceptors (Lipinski definition) is 2. The van der Waals surface area contributed by atoms with Crippen molar-refractivity contribution in [2.75, 3.05) is 20.2 Å². The third-order valence-electron chi connectivity index (χ3n) is 5.41. The SMILES string of the molecule is COc1ccc2[nH]cc(C(CC(=O)N3CCCC3)c3ccccc3F)c2c1. The predicted molar refractivity (Wildman–Crippen MR) is 104 cm³/mol. The van der Waals surface area contributed by atoms with Gasteiger partial charge in [-0.15, -0.1) is 0 Å². The zero-order valence-electron chi connectivity index (χ0n) is 15.4. The van der Waals surface area contributed by atoms with Crippen molar-refractivity contribution < 1.29 is 13.9 Å². The predicted octanol–water partition coefficient (Wildman–Crippen LogP) is 4.46. The summed E-state index contributed by atoms with van der Waals surface area (Å²) in [6.45, 7) is 1.59. The van der Waals surface area contributed by atoms with Crippen LogP contribution in [0.4, 0.5) is 4.39 Å². The second kappa shape index (κ2) is 7.43. The Bertz CT molecular complexity index is 960. The molecule has 5 heteroatoms. The third kappa shape index (κ3) is 3.42. The van der Waals surface area contributed by atoms with Gasteiger partial charge in [0.25, 0.3) is 0 Å². The first-order chi connectivity index (χ1) is 13.2. The number of halogens is 1. The van der Waals surface area contributed by atoms with Crippen molar-refractivity contribution in [3.05, 3.63) is 65.6 Å². The molecule has 1 aromatic heterocycles. The molecule has 1 saturated heterocycles. The van der Waals surface area contributed by atoms with Gasteiger partial charge in [0.05, 0.1) is 7.11 Å². The highest BCUT2D eigenvalue weighted by atomic mass is 19.1. The lowest BCUT2D eigenvalue weighted by Gasteiger charge is -2.22. The van der Waals surface area contributed by atoms with Crippen molar-refractivity contribution in [2.24, 2.45) is 0 Å². The fourth-order valence-corrected chi connectivity index (χ4v) is 3.95. The number of nitrogens with one attached hydrogen (secondary N) is 1. The van der Waals surface area contributed by atoms with E-state index in [2.05, 4.69) is 4.98 Å². The highest BCUT2D eigenvalue weighted by molar-refractivity contribution is 5.87. The van der Waals surface area contributed by atoms with Crippen LogP contribution in [0, 0.1) is 5.82 Å². The van der Waals surface area contributed by atoms with Crippen LogP contribution < -0.4 is 4.74 Å². The molecule has 1 aliphatic heterocycles. The van der Waals surface area contributed by atoms with Crippen molar-refractivity contribution in [3.8, 4) is 5.75 Å². The van der Waals surface area contributed by atoms with E-state index < -0.39 is 0 Å². The summed E-state index contributed by atoms with van der Waals surface area (Å²) in [5.41, 5.74) is 2.41. The molecule has 0 spiro atoms. The smallest absolute Gasteiger partial charge is 0.223 e. The standard InChI is InChI=1S/C22H23FN2O2/c1-27-15-8-9-21-18(12-15)19(14-24-21)17(16-6-2-3-7-20(16)23)13-22(26)25-10-4-5-11-25/h2-3,6-9,12,14,17,24H,4-5,10-11,13H2,1H3. The maximum atomic E-state index is 14.6. The van der Waals surface area contributed by atoms with Gasteiger partial charge in [0, 0.05) is 42.5 Å². The van der Waals surface area contributed by atoms with E-state index in [-0.39, 0.29) is 24.1 Å². The van der Waals surface area contributed by atoms with E-state index in [1.54, 1.807) is 19.2 Å². The number of likely N-dealkylation sites (tertiary alicyclic amines) is 1. The van der Waals surface area contributed by atoms with Crippen LogP contribution in [-0.2, 0) is 4.79 Å². The van der Waals surface area contributed by atoms with E-state index in [1.165, 1.54) is 6.07 Å². The molecule has 3 aromatic rings. The van der Waals surface area contributed by atoms with E-state index in [1.807, 2.05) is 35.4 Å². The molecule has 27 heavy (non-hydrogen) atoms. The molecule has 1 unspecified atom stereocenters. The number of ether oxygens (including phenoxy) is 1. The van der Waals surface area contributed by atoms with E-state index >= 15 is 0 Å². The van der Waals surface area contributed by atoms with Gasteiger partial charge in [-0.25, -0.2) is 4.39 Å². The van der Waals surface area contributed by atoms with Crippen LogP contribution in [-0.4, -0.2) is 36.0 Å². The van der Waals surface area contributed by atoms with Crippen LogP contribution >= 0.6 is 0 Å². The summed E-state index contributed by atoms with van der Waals surface area (Å²) in [7, 11) is 1.62. The Labute approximate surface area is 157 Å². The Kier molecular flexibility index (Phi) is 4.84. The van der Waals surface area contributed by atoms with Crippen molar-refractivity contribution in [2.45, 2.75) is 25.2 Å². The molecule has 1 N–H and O–H groups in total. The Morgan fingerprint density at radius 3 is 2.70 bits per heavy atom. The number of rotatable bonds is 5. The molecule has 4 nitrogen and oxygen atoms in total. The van der Waals surface area contributed by atoms with Crippen molar-refractivity contribution >= 4 is 16.8 Å². The lowest BCUT2D eigenvalue weighted by Crippen LogP contribution is -2.29. The first kappa shape index (κ1) is 17.6. The number of amides is 1. The van der Waals surface area contributed by atoms with Gasteiger partial charge in [0.15, 0.2) is 0 Å². The Morgan fingerprint density at radius 2 is 1.96 bits per heavy atom. The van der Waals surface area contributed by atoms with Gasteiger partial charge in [-0.05, 0) is 48.2 Å². The number of benzene rings is 2. The number of aromatic amines is 1. The van der Waals surface area contributed by atoms with Crippen LogP contribution in [0.2, 0.25) is 0 Å². The fourth-order valence-electron chi connectivity index (χ4n) is 3.95. The van der Waals surface area contributed by atoms with E-state index in [0.717, 1.165) is 48.1 Å². The molecular weight excluding hydrogens is 343 g/mol. The van der Waals surface area contributed by atoms with Crippen molar-refractivity contribution in [1.29, 1.82) is 0 Å². The molecular formula is C22H23FN2O2. The van der Waals surface area contributed by atoms with Crippen LogP contribution in [0.5, 0.6) is 5.75 Å². The maximum absolute atomic E-state index is 14.6. The Balaban J connectivity index is 1.78. The average Bonchev–Trinajstić information content (AvgIpc) is 3.36. The number of carbonyl (C=O) groups is 1. The molecule has 2 heterocycles. The lowest BCUT2D eigenvalue weighted by molar-refractivity contribution is -0.130. The quantitative estimate of drug-likeness (QED) is 0.725. The van der Waals surface area contributed by atoms with Gasteiger partial charge in [-0.3, -0.25) is 4.79 Å². The molecule has 4 rings (SSSR count). The molecule has 0 saturated carbocycles. The zero-order chi connectivity index (χ0) is 18.8. The molecule has 1 atom stereocenters. The summed E-state index contributed by atoms with van der Waals surface area (Å²) < 4.78 is 20.0. The van der Waals surface area contributed by atoms with Gasteiger partial charge >= 0.3 is 0 Å². The summed E-state index contributed by atoms with van der Waals surface area (Å²) in [4.78, 5) is 18.0. The number of nitrogens with zero attached hydrogens (tertiary/aromatic N) is 1. The molecule has 1 fully saturated rings. The maximum Gasteiger partial charge on any atom is 0.223 e. The number of methoxy groups -OCH3 is 1. The average molecular weight is 366 g/mol. The second-order valence-electron chi connectivity index (χ2n) is 7.02. The molecule has 0 radical (unpaired) electrons. The topological polar surface area (TPSA) is 45.3 Å². The van der Waals surface area contributed by atoms with E-state index in [9.17, 15) is 9.18 Å². The minimum atomic E-state index is -0.347. The Morgan fingerprint density at radius 1 is 1.19 bits per heavy atom. The summed E-state index contributed by atoms with van der Waals surface area (Å²) in [5.74, 6) is 0.189. The monoisotopic (exact) mass is 366 g/mol. The largest absolute Gasteiger partial charge is 0.497 e. The van der Waals surface area contributed by atoms with Gasteiger partial charge in [0.1, 0.15) is 11.6 Å². The molecule has 1 amide bonds. The summed E-state index contributed by atoms with van der Waals surface area (Å²) in [6, 6.07) is 12.5. The van der Waals surface area contributed by atoms with E-state index in [4.69, 9.17) is 4.74 Å². The Hall–Kier alpha value is -2.82. The fraction of sp³-hybridized carbons (Fsp3) is 0.318. The van der Waals surface area contributed by atoms with Gasteiger partial charge in [0.2, 0.25) is 5.91 Å². The summed E-state index contributed by atoms with van der Waals surface area (Å²) in [6.07, 6.45) is 4.23. The molecule has 0 aliphatic carbocycles. The van der Waals surface area contributed by atoms with Crippen molar-refractivity contribution in [1.82, 2.24) is 9.88 Å². The highest BCUT2D eigenvalue weighted by Gasteiger charge is 2.27. The highest BCUT2D eigenvalue weighted by Crippen LogP contribution is 2.36. The third-order valence-corrected chi connectivity index (χ3v) is 5.41. The number of hydrogen-bond donors (Lipinski definition) is 1. The number of aromatic nitrogens is 1. The number of H-pyrrole nitrogens is 1. The lowest BCUT2D eigenvalue weighted by atomic mass is 9.87. The molecule has 0 bridgehead atoms. The van der Waals surface area contributed by atoms with Crippen molar-refractivity contribution in [3.63, 3.8) is 0 Å². The van der Waals surface area contributed by atoms with Crippen LogP contribution in [0.1, 0.15) is 36.3 Å². The number of fused-ring (bicyclic) bond motifs is 1. The zero-order valence-corrected chi connectivity index (χ0v) is 15.4. The minimum absolute atomic E-state index is 0.0815. The normalized spacial score (nSPS) is 15.3. The number of carbonyl (C=O) groups excluding carboxylic acids is 1. The van der Waals surface area contributed by atoms with Gasteiger partial charge < -0.3 is 14.6 Å². The first-order valence-corrected chi connectivity index (χ1v) is 9.34. The second-order valence-corrected chi connectivity index (χ2v) is 7.02. The summed E-state index contributed by atoms with van der Waals surface area (Å²) in [5, 5.41) is 0.955. The van der Waals surface area contributed by atoms with Gasteiger partial charge in [-0.2, -0.15) is 0 Å².